The van der Waals surface area contributed by atoms with Gasteiger partial charge in [-0.15, -0.1) is 12.4 Å². The molecular weight excluding hydrogens is 266 g/mol. The van der Waals surface area contributed by atoms with Crippen molar-refractivity contribution < 1.29 is 9.32 Å². The van der Waals surface area contributed by atoms with Crippen LogP contribution in [-0.2, 0) is 11.2 Å². The number of aryl methyl sites for hydroxylation is 1. The maximum Gasteiger partial charge on any atom is 0.229 e. The number of aromatic nitrogens is 1. The molecule has 2 aliphatic rings. The second kappa shape index (κ2) is 5.92. The summed E-state index contributed by atoms with van der Waals surface area (Å²) in [6, 6.07) is 2.64. The standard InChI is InChI=1S/C13H19N3O2.ClH/c1-9-6-10(15-18-9)7-13(17)16-11-2-3-12(16)8-14-5-4-11;/h6,11-12,14H,2-5,7-8H2,1H3;1H. The van der Waals surface area contributed by atoms with E-state index in [0.29, 0.717) is 18.5 Å². The molecule has 1 aromatic heterocycles. The second-order valence-corrected chi connectivity index (χ2v) is 5.28. The summed E-state index contributed by atoms with van der Waals surface area (Å²) in [5.74, 6) is 0.956. The molecule has 1 N–H and O–H groups in total. The average molecular weight is 286 g/mol. The SMILES string of the molecule is Cc1cc(CC(=O)N2C3CCNCC2CC3)no1.Cl. The van der Waals surface area contributed by atoms with Gasteiger partial charge in [-0.3, -0.25) is 4.79 Å². The van der Waals surface area contributed by atoms with Crippen LogP contribution >= 0.6 is 12.4 Å². The summed E-state index contributed by atoms with van der Waals surface area (Å²) in [7, 11) is 0. The van der Waals surface area contributed by atoms with Gasteiger partial charge in [-0.25, -0.2) is 0 Å². The van der Waals surface area contributed by atoms with E-state index in [0.717, 1.165) is 43.8 Å². The fraction of sp³-hybridized carbons (Fsp3) is 0.692. The Morgan fingerprint density at radius 1 is 1.47 bits per heavy atom. The van der Waals surface area contributed by atoms with E-state index in [4.69, 9.17) is 4.52 Å². The third kappa shape index (κ3) is 2.92. The number of halogens is 1. The molecule has 1 amide bonds. The summed E-state index contributed by atoms with van der Waals surface area (Å²) < 4.78 is 5.01. The van der Waals surface area contributed by atoms with Crippen LogP contribution in [0.4, 0.5) is 0 Å². The maximum absolute atomic E-state index is 12.4. The van der Waals surface area contributed by atoms with Crippen LogP contribution in [0.25, 0.3) is 0 Å². The summed E-state index contributed by atoms with van der Waals surface area (Å²) in [5.41, 5.74) is 0.745. The van der Waals surface area contributed by atoms with Crippen LogP contribution in [0.15, 0.2) is 10.6 Å². The lowest BCUT2D eigenvalue weighted by Gasteiger charge is -2.27. The Bertz CT molecular complexity index is 435. The molecule has 2 bridgehead atoms. The zero-order chi connectivity index (χ0) is 12.5. The van der Waals surface area contributed by atoms with E-state index in [1.807, 2.05) is 13.0 Å². The van der Waals surface area contributed by atoms with Crippen molar-refractivity contribution in [1.29, 1.82) is 0 Å². The van der Waals surface area contributed by atoms with Crippen molar-refractivity contribution in [3.8, 4) is 0 Å². The number of amides is 1. The Labute approximate surface area is 119 Å². The van der Waals surface area contributed by atoms with Crippen LogP contribution in [0.2, 0.25) is 0 Å². The van der Waals surface area contributed by atoms with Crippen LogP contribution in [0.1, 0.15) is 30.7 Å². The van der Waals surface area contributed by atoms with Gasteiger partial charge in [0.05, 0.1) is 12.1 Å². The number of hydrogen-bond acceptors (Lipinski definition) is 4. The van der Waals surface area contributed by atoms with Gasteiger partial charge in [0.1, 0.15) is 5.76 Å². The molecule has 106 valence electrons. The molecule has 2 atom stereocenters. The third-order valence-electron chi connectivity index (χ3n) is 3.95. The van der Waals surface area contributed by atoms with Gasteiger partial charge in [0.25, 0.3) is 0 Å². The lowest BCUT2D eigenvalue weighted by atomic mass is 10.1. The molecule has 3 heterocycles. The molecule has 0 aromatic carbocycles. The zero-order valence-corrected chi connectivity index (χ0v) is 11.9. The normalized spacial score (nSPS) is 25.8. The number of carbonyl (C=O) groups is 1. The molecule has 0 radical (unpaired) electrons. The number of rotatable bonds is 2. The molecular formula is C13H20ClN3O2. The topological polar surface area (TPSA) is 58.4 Å². The molecule has 6 heteroatoms. The fourth-order valence-electron chi connectivity index (χ4n) is 3.14. The van der Waals surface area contributed by atoms with Crippen molar-refractivity contribution in [2.75, 3.05) is 13.1 Å². The smallest absolute Gasteiger partial charge is 0.229 e. The van der Waals surface area contributed by atoms with E-state index in [1.54, 1.807) is 0 Å². The van der Waals surface area contributed by atoms with Crippen LogP contribution in [0.3, 0.4) is 0 Å². The number of nitrogens with one attached hydrogen (secondary N) is 1. The van der Waals surface area contributed by atoms with E-state index in [2.05, 4.69) is 15.4 Å². The minimum atomic E-state index is 0. The first-order valence-corrected chi connectivity index (χ1v) is 6.68. The van der Waals surface area contributed by atoms with E-state index in [1.165, 1.54) is 0 Å². The fourth-order valence-corrected chi connectivity index (χ4v) is 3.14. The average Bonchev–Trinajstić information content (AvgIpc) is 2.81. The first kappa shape index (κ1) is 14.3. The number of carbonyl (C=O) groups excluding carboxylic acids is 1. The molecule has 5 nitrogen and oxygen atoms in total. The summed E-state index contributed by atoms with van der Waals surface area (Å²) in [4.78, 5) is 14.5. The Morgan fingerprint density at radius 3 is 3.00 bits per heavy atom. The quantitative estimate of drug-likeness (QED) is 0.890. The van der Waals surface area contributed by atoms with Gasteiger partial charge >= 0.3 is 0 Å². The van der Waals surface area contributed by atoms with Crippen molar-refractivity contribution >= 4 is 18.3 Å². The summed E-state index contributed by atoms with van der Waals surface area (Å²) in [5, 5.41) is 7.31. The molecule has 3 rings (SSSR count). The molecule has 19 heavy (non-hydrogen) atoms. The van der Waals surface area contributed by atoms with Crippen LogP contribution in [-0.4, -0.2) is 41.1 Å². The lowest BCUT2D eigenvalue weighted by molar-refractivity contribution is -0.133. The van der Waals surface area contributed by atoms with E-state index < -0.39 is 0 Å². The van der Waals surface area contributed by atoms with E-state index in [-0.39, 0.29) is 18.3 Å². The van der Waals surface area contributed by atoms with E-state index in [9.17, 15) is 4.79 Å². The van der Waals surface area contributed by atoms with Crippen molar-refractivity contribution in [1.82, 2.24) is 15.4 Å². The highest BCUT2D eigenvalue weighted by molar-refractivity contribution is 5.85. The minimum absolute atomic E-state index is 0. The molecule has 0 aliphatic carbocycles. The van der Waals surface area contributed by atoms with Crippen molar-refractivity contribution in [3.05, 3.63) is 17.5 Å². The van der Waals surface area contributed by atoms with Crippen LogP contribution in [0.5, 0.6) is 0 Å². The molecule has 2 saturated heterocycles. The predicted molar refractivity (Wildman–Crippen MR) is 73.3 cm³/mol. The largest absolute Gasteiger partial charge is 0.361 e. The highest BCUT2D eigenvalue weighted by atomic mass is 35.5. The maximum atomic E-state index is 12.4. The van der Waals surface area contributed by atoms with Crippen molar-refractivity contribution in [3.63, 3.8) is 0 Å². The van der Waals surface area contributed by atoms with Gasteiger partial charge in [-0.05, 0) is 32.7 Å². The predicted octanol–water partition coefficient (Wildman–Crippen LogP) is 1.30. The molecule has 2 unspecified atom stereocenters. The first-order valence-electron chi connectivity index (χ1n) is 6.68. The number of nitrogens with zero attached hydrogens (tertiary/aromatic N) is 2. The van der Waals surface area contributed by atoms with Gasteiger partial charge in [0.15, 0.2) is 0 Å². The van der Waals surface area contributed by atoms with E-state index >= 15 is 0 Å². The molecule has 0 saturated carbocycles. The van der Waals surface area contributed by atoms with Gasteiger partial charge in [0, 0.05) is 24.7 Å². The minimum Gasteiger partial charge on any atom is -0.361 e. The molecule has 0 spiro atoms. The van der Waals surface area contributed by atoms with Gasteiger partial charge in [0.2, 0.25) is 5.91 Å². The van der Waals surface area contributed by atoms with Crippen molar-refractivity contribution in [2.24, 2.45) is 0 Å². The Hall–Kier alpha value is -1.07. The molecule has 2 fully saturated rings. The third-order valence-corrected chi connectivity index (χ3v) is 3.95. The summed E-state index contributed by atoms with van der Waals surface area (Å²) >= 11 is 0. The Kier molecular flexibility index (Phi) is 4.47. The molecule has 1 aromatic rings. The van der Waals surface area contributed by atoms with Crippen molar-refractivity contribution in [2.45, 2.75) is 44.7 Å². The van der Waals surface area contributed by atoms with Crippen LogP contribution < -0.4 is 5.32 Å². The first-order chi connectivity index (χ1) is 8.74. The summed E-state index contributed by atoms with van der Waals surface area (Å²) in [6.07, 6.45) is 3.71. The highest BCUT2D eigenvalue weighted by Crippen LogP contribution is 2.28. The monoisotopic (exact) mass is 285 g/mol. The number of fused-ring (bicyclic) bond motifs is 2. The number of hydrogen-bond donors (Lipinski definition) is 1. The Balaban J connectivity index is 0.00000133. The van der Waals surface area contributed by atoms with Crippen LogP contribution in [0, 0.1) is 6.92 Å². The van der Waals surface area contributed by atoms with Gasteiger partial charge < -0.3 is 14.7 Å². The van der Waals surface area contributed by atoms with Gasteiger partial charge in [-0.2, -0.15) is 0 Å². The second-order valence-electron chi connectivity index (χ2n) is 5.28. The highest BCUT2D eigenvalue weighted by Gasteiger charge is 2.37. The van der Waals surface area contributed by atoms with Gasteiger partial charge in [-0.1, -0.05) is 5.16 Å². The zero-order valence-electron chi connectivity index (χ0n) is 11.1. The lowest BCUT2D eigenvalue weighted by Crippen LogP contribution is -2.43. The summed E-state index contributed by atoms with van der Waals surface area (Å²) in [6.45, 7) is 3.80. The molecule has 2 aliphatic heterocycles. The Morgan fingerprint density at radius 2 is 2.26 bits per heavy atom.